The Balaban J connectivity index is 1.74. The van der Waals surface area contributed by atoms with Crippen LogP contribution in [0.5, 0.6) is 11.5 Å². The number of hydrogen-bond acceptors (Lipinski definition) is 6. The fraction of sp³-hybridized carbons (Fsp3) is 0.350. The molecular formula is C20H23ClN2O6S. The fourth-order valence-corrected chi connectivity index (χ4v) is 4.56. The van der Waals surface area contributed by atoms with Gasteiger partial charge in [-0.2, -0.15) is 4.31 Å². The number of hydrogen-bond donors (Lipinski definition) is 1. The number of nitrogens with zero attached hydrogens (tertiary/aromatic N) is 1. The van der Waals surface area contributed by atoms with E-state index in [0.717, 1.165) is 0 Å². The van der Waals surface area contributed by atoms with Crippen molar-refractivity contribution in [2.24, 2.45) is 0 Å². The number of carbonyl (C=O) groups excluding carboxylic acids is 1. The Kier molecular flexibility index (Phi) is 7.54. The van der Waals surface area contributed by atoms with E-state index in [1.54, 1.807) is 37.3 Å². The van der Waals surface area contributed by atoms with Crippen molar-refractivity contribution in [1.82, 2.24) is 4.31 Å². The third-order valence-electron chi connectivity index (χ3n) is 4.30. The van der Waals surface area contributed by atoms with Gasteiger partial charge in [0.05, 0.1) is 19.8 Å². The van der Waals surface area contributed by atoms with Gasteiger partial charge < -0.3 is 19.5 Å². The first-order valence-electron chi connectivity index (χ1n) is 9.43. The molecule has 0 aliphatic carbocycles. The molecule has 1 saturated heterocycles. The van der Waals surface area contributed by atoms with Crippen LogP contribution < -0.4 is 14.8 Å². The van der Waals surface area contributed by atoms with Crippen molar-refractivity contribution in [3.05, 3.63) is 47.5 Å². The Labute approximate surface area is 180 Å². The van der Waals surface area contributed by atoms with Crippen molar-refractivity contribution < 1.29 is 27.4 Å². The Morgan fingerprint density at radius 2 is 1.83 bits per heavy atom. The number of morpholine rings is 1. The van der Waals surface area contributed by atoms with Crippen LogP contribution in [-0.2, 0) is 19.6 Å². The van der Waals surface area contributed by atoms with Gasteiger partial charge in [0.25, 0.3) is 5.91 Å². The molecule has 162 valence electrons. The molecule has 30 heavy (non-hydrogen) atoms. The van der Waals surface area contributed by atoms with Crippen LogP contribution in [0, 0.1) is 0 Å². The van der Waals surface area contributed by atoms with Gasteiger partial charge in [0.15, 0.2) is 6.61 Å². The highest BCUT2D eigenvalue weighted by Crippen LogP contribution is 2.30. The molecule has 1 fully saturated rings. The van der Waals surface area contributed by atoms with E-state index in [2.05, 4.69) is 5.32 Å². The minimum atomic E-state index is -3.80. The molecule has 1 amide bonds. The van der Waals surface area contributed by atoms with Gasteiger partial charge in [-0.3, -0.25) is 4.79 Å². The molecule has 1 aliphatic rings. The smallest absolute Gasteiger partial charge is 0.262 e. The molecule has 3 rings (SSSR count). The van der Waals surface area contributed by atoms with Gasteiger partial charge in [-0.1, -0.05) is 11.6 Å². The molecule has 1 aliphatic heterocycles. The lowest BCUT2D eigenvalue weighted by atomic mass is 10.3. The average Bonchev–Trinajstić information content (AvgIpc) is 2.75. The monoisotopic (exact) mass is 454 g/mol. The fourth-order valence-electron chi connectivity index (χ4n) is 2.86. The quantitative estimate of drug-likeness (QED) is 0.659. The standard InChI is InChI=1S/C20H23ClN2O6S/c1-2-28-18-8-5-16(13-19(18)30(25,26)23-9-11-27-12-10-23)22-20(24)14-29-17-6-3-15(21)4-7-17/h3-8,13H,2,9-12,14H2,1H3,(H,22,24). The van der Waals surface area contributed by atoms with E-state index in [9.17, 15) is 13.2 Å². The lowest BCUT2D eigenvalue weighted by Gasteiger charge is -2.27. The number of benzene rings is 2. The normalized spacial score (nSPS) is 14.9. The van der Waals surface area contributed by atoms with Gasteiger partial charge >= 0.3 is 0 Å². The average molecular weight is 455 g/mol. The molecule has 1 N–H and O–H groups in total. The van der Waals surface area contributed by atoms with Crippen LogP contribution in [0.25, 0.3) is 0 Å². The number of nitrogens with one attached hydrogen (secondary N) is 1. The van der Waals surface area contributed by atoms with Crippen LogP contribution in [0.4, 0.5) is 5.69 Å². The number of carbonyl (C=O) groups is 1. The second-order valence-corrected chi connectivity index (χ2v) is 8.74. The molecule has 0 bridgehead atoms. The summed E-state index contributed by atoms with van der Waals surface area (Å²) < 4.78 is 43.7. The molecule has 2 aromatic rings. The predicted octanol–water partition coefficient (Wildman–Crippen LogP) is 2.78. The molecular weight excluding hydrogens is 432 g/mol. The Hall–Kier alpha value is -2.33. The summed E-state index contributed by atoms with van der Waals surface area (Å²) in [5.74, 6) is 0.306. The second kappa shape index (κ2) is 10.1. The van der Waals surface area contributed by atoms with E-state index in [1.165, 1.54) is 16.4 Å². The minimum absolute atomic E-state index is 0.00247. The molecule has 0 unspecified atom stereocenters. The maximum Gasteiger partial charge on any atom is 0.262 e. The topological polar surface area (TPSA) is 94.2 Å². The zero-order valence-electron chi connectivity index (χ0n) is 16.5. The maximum absolute atomic E-state index is 13.1. The Morgan fingerprint density at radius 1 is 1.13 bits per heavy atom. The van der Waals surface area contributed by atoms with Crippen LogP contribution in [0.1, 0.15) is 6.92 Å². The number of anilines is 1. The maximum atomic E-state index is 13.1. The summed E-state index contributed by atoms with van der Waals surface area (Å²) in [5.41, 5.74) is 0.329. The third-order valence-corrected chi connectivity index (χ3v) is 6.47. The van der Waals surface area contributed by atoms with Crippen molar-refractivity contribution in [2.75, 3.05) is 44.8 Å². The summed E-state index contributed by atoms with van der Waals surface area (Å²) in [5, 5.41) is 3.22. The molecule has 2 aromatic carbocycles. The van der Waals surface area contributed by atoms with E-state index in [4.69, 9.17) is 25.8 Å². The van der Waals surface area contributed by atoms with Gasteiger partial charge in [-0.15, -0.1) is 0 Å². The zero-order chi connectivity index (χ0) is 21.6. The third kappa shape index (κ3) is 5.63. The van der Waals surface area contributed by atoms with Crippen molar-refractivity contribution in [1.29, 1.82) is 0 Å². The molecule has 10 heteroatoms. The number of ether oxygens (including phenoxy) is 3. The van der Waals surface area contributed by atoms with Crippen LogP contribution in [0.2, 0.25) is 5.02 Å². The molecule has 0 spiro atoms. The zero-order valence-corrected chi connectivity index (χ0v) is 18.0. The summed E-state index contributed by atoms with van der Waals surface area (Å²) >= 11 is 5.82. The highest BCUT2D eigenvalue weighted by Gasteiger charge is 2.29. The Morgan fingerprint density at radius 3 is 2.50 bits per heavy atom. The molecule has 0 radical (unpaired) electrons. The van der Waals surface area contributed by atoms with Crippen molar-refractivity contribution in [3.63, 3.8) is 0 Å². The first-order chi connectivity index (χ1) is 14.4. The summed E-state index contributed by atoms with van der Waals surface area (Å²) in [7, 11) is -3.80. The van der Waals surface area contributed by atoms with E-state index in [-0.39, 0.29) is 30.3 Å². The largest absolute Gasteiger partial charge is 0.492 e. The van der Waals surface area contributed by atoms with Crippen LogP contribution in [-0.4, -0.2) is 58.1 Å². The van der Waals surface area contributed by atoms with Crippen LogP contribution in [0.3, 0.4) is 0 Å². The molecule has 0 atom stereocenters. The van der Waals surface area contributed by atoms with Crippen molar-refractivity contribution in [2.45, 2.75) is 11.8 Å². The van der Waals surface area contributed by atoms with Gasteiger partial charge in [-0.25, -0.2) is 8.42 Å². The SMILES string of the molecule is CCOc1ccc(NC(=O)COc2ccc(Cl)cc2)cc1S(=O)(=O)N1CCOCC1. The van der Waals surface area contributed by atoms with Gasteiger partial charge in [0.1, 0.15) is 16.4 Å². The van der Waals surface area contributed by atoms with Gasteiger partial charge in [0, 0.05) is 23.8 Å². The number of amides is 1. The first kappa shape index (κ1) is 22.4. The summed E-state index contributed by atoms with van der Waals surface area (Å²) in [6.07, 6.45) is 0. The van der Waals surface area contributed by atoms with E-state index < -0.39 is 15.9 Å². The van der Waals surface area contributed by atoms with E-state index in [1.807, 2.05) is 0 Å². The van der Waals surface area contributed by atoms with Crippen LogP contribution in [0.15, 0.2) is 47.4 Å². The van der Waals surface area contributed by atoms with Crippen molar-refractivity contribution in [3.8, 4) is 11.5 Å². The molecule has 0 aromatic heterocycles. The minimum Gasteiger partial charge on any atom is -0.492 e. The second-order valence-electron chi connectivity index (χ2n) is 6.40. The van der Waals surface area contributed by atoms with Crippen LogP contribution >= 0.6 is 11.6 Å². The van der Waals surface area contributed by atoms with E-state index >= 15 is 0 Å². The number of rotatable bonds is 8. The first-order valence-corrected chi connectivity index (χ1v) is 11.2. The molecule has 0 saturated carbocycles. The predicted molar refractivity (Wildman–Crippen MR) is 113 cm³/mol. The highest BCUT2D eigenvalue weighted by atomic mass is 35.5. The number of sulfonamides is 1. The lowest BCUT2D eigenvalue weighted by Crippen LogP contribution is -2.40. The summed E-state index contributed by atoms with van der Waals surface area (Å²) in [6, 6.07) is 11.1. The highest BCUT2D eigenvalue weighted by molar-refractivity contribution is 7.89. The molecule has 1 heterocycles. The number of halogens is 1. The van der Waals surface area contributed by atoms with Gasteiger partial charge in [-0.05, 0) is 49.4 Å². The summed E-state index contributed by atoms with van der Waals surface area (Å²) in [6.45, 7) is 3.05. The van der Waals surface area contributed by atoms with Crippen molar-refractivity contribution >= 4 is 33.2 Å². The lowest BCUT2D eigenvalue weighted by molar-refractivity contribution is -0.118. The van der Waals surface area contributed by atoms with E-state index in [0.29, 0.717) is 36.3 Å². The Bertz CT molecular complexity index is 975. The van der Waals surface area contributed by atoms with Gasteiger partial charge in [0.2, 0.25) is 10.0 Å². The molecule has 8 nitrogen and oxygen atoms in total. The summed E-state index contributed by atoms with van der Waals surface area (Å²) in [4.78, 5) is 12.3.